The monoisotopic (exact) mass is 304 g/mol. The molecule has 20 heavy (non-hydrogen) atoms. The van der Waals surface area contributed by atoms with Gasteiger partial charge in [-0.05, 0) is 13.0 Å². The van der Waals surface area contributed by atoms with Gasteiger partial charge in [0.05, 0.1) is 18.6 Å². The molecule has 1 rings (SSSR count). The van der Waals surface area contributed by atoms with Crippen LogP contribution in [-0.4, -0.2) is 46.5 Å². The Balaban J connectivity index is 3.13. The average Bonchev–Trinajstić information content (AvgIpc) is 2.44. The van der Waals surface area contributed by atoms with Crippen molar-refractivity contribution in [3.63, 3.8) is 0 Å². The maximum Gasteiger partial charge on any atom is 0.341 e. The maximum atomic E-state index is 10.6. The van der Waals surface area contributed by atoms with E-state index in [1.54, 1.807) is 19.1 Å². The number of aliphatic carboxylic acids is 1. The molecule has 0 aromatic heterocycles. The van der Waals surface area contributed by atoms with Crippen LogP contribution in [0.3, 0.4) is 0 Å². The molecule has 6 nitrogen and oxygen atoms in total. The van der Waals surface area contributed by atoms with E-state index in [0.29, 0.717) is 12.4 Å². The van der Waals surface area contributed by atoms with Crippen molar-refractivity contribution in [2.75, 3.05) is 19.1 Å². The van der Waals surface area contributed by atoms with Gasteiger partial charge >= 0.3 is 5.97 Å². The Morgan fingerprint density at radius 2 is 2.05 bits per heavy atom. The zero-order valence-corrected chi connectivity index (χ0v) is 11.7. The van der Waals surface area contributed by atoms with Crippen molar-refractivity contribution in [3.05, 3.63) is 23.8 Å². The summed E-state index contributed by atoms with van der Waals surface area (Å²) in [5, 5.41) is 28.3. The molecule has 0 radical (unpaired) electrons. The van der Waals surface area contributed by atoms with Crippen LogP contribution in [-0.2, 0) is 4.79 Å². The minimum atomic E-state index is -1.29. The number of carbonyl (C=O) groups is 1. The quantitative estimate of drug-likeness (QED) is 0.624. The number of alkyl halides is 1. The van der Waals surface area contributed by atoms with Crippen LogP contribution in [0.4, 0.5) is 0 Å². The summed E-state index contributed by atoms with van der Waals surface area (Å²) < 4.78 is 10.5. The van der Waals surface area contributed by atoms with Crippen molar-refractivity contribution in [1.82, 2.24) is 0 Å². The molecule has 0 aliphatic heterocycles. The van der Waals surface area contributed by atoms with Gasteiger partial charge in [0.25, 0.3) is 0 Å². The van der Waals surface area contributed by atoms with E-state index >= 15 is 0 Å². The van der Waals surface area contributed by atoms with Crippen molar-refractivity contribution < 1.29 is 29.6 Å². The molecule has 0 saturated carbocycles. The number of aliphatic hydroxyl groups is 2. The Morgan fingerprint density at radius 3 is 2.60 bits per heavy atom. The lowest BCUT2D eigenvalue weighted by molar-refractivity contribution is -0.139. The molecule has 3 N–H and O–H groups in total. The molecule has 112 valence electrons. The third-order valence-corrected chi connectivity index (χ3v) is 2.81. The van der Waals surface area contributed by atoms with Crippen LogP contribution in [0.2, 0.25) is 0 Å². The minimum Gasteiger partial charge on any atom is -0.490 e. The fourth-order valence-corrected chi connectivity index (χ4v) is 1.78. The number of hydrogen-bond donors (Lipinski definition) is 3. The largest absolute Gasteiger partial charge is 0.490 e. The van der Waals surface area contributed by atoms with E-state index in [1.165, 1.54) is 6.07 Å². The predicted octanol–water partition coefficient (Wildman–Crippen LogP) is 1.18. The van der Waals surface area contributed by atoms with Gasteiger partial charge in [-0.2, -0.15) is 0 Å². The second-order valence-electron chi connectivity index (χ2n) is 3.96. The van der Waals surface area contributed by atoms with Gasteiger partial charge in [-0.3, -0.25) is 0 Å². The van der Waals surface area contributed by atoms with Crippen molar-refractivity contribution in [2.45, 2.75) is 19.1 Å². The van der Waals surface area contributed by atoms with Crippen molar-refractivity contribution in [2.24, 2.45) is 0 Å². The summed E-state index contributed by atoms with van der Waals surface area (Å²) in [6.45, 7) is 1.53. The molecule has 0 spiro atoms. The number of hydrogen-bond acceptors (Lipinski definition) is 5. The smallest absolute Gasteiger partial charge is 0.341 e. The van der Waals surface area contributed by atoms with E-state index in [-0.39, 0.29) is 17.2 Å². The molecule has 7 heteroatoms. The van der Waals surface area contributed by atoms with Crippen LogP contribution in [0.15, 0.2) is 18.2 Å². The molecule has 0 amide bonds. The Bertz CT molecular complexity index is 450. The molecule has 2 unspecified atom stereocenters. The van der Waals surface area contributed by atoms with Crippen LogP contribution in [0, 0.1) is 0 Å². The molecular weight excluding hydrogens is 288 g/mol. The van der Waals surface area contributed by atoms with Crippen LogP contribution in [0.1, 0.15) is 18.6 Å². The molecule has 2 atom stereocenters. The summed E-state index contributed by atoms with van der Waals surface area (Å²) in [6, 6.07) is 4.71. The Morgan fingerprint density at radius 1 is 1.35 bits per heavy atom. The summed E-state index contributed by atoms with van der Waals surface area (Å²) in [6.07, 6.45) is -2.49. The summed E-state index contributed by atoms with van der Waals surface area (Å²) in [7, 11) is 0. The van der Waals surface area contributed by atoms with Gasteiger partial charge in [-0.15, -0.1) is 11.6 Å². The molecule has 0 aliphatic carbocycles. The zero-order valence-electron chi connectivity index (χ0n) is 11.0. The lowest BCUT2D eigenvalue weighted by Crippen LogP contribution is -2.21. The second-order valence-corrected chi connectivity index (χ2v) is 4.27. The van der Waals surface area contributed by atoms with Crippen LogP contribution < -0.4 is 9.47 Å². The van der Waals surface area contributed by atoms with Crippen molar-refractivity contribution >= 4 is 17.6 Å². The first-order valence-corrected chi connectivity index (χ1v) is 6.57. The highest BCUT2D eigenvalue weighted by Gasteiger charge is 2.24. The third-order valence-electron chi connectivity index (χ3n) is 2.49. The molecular formula is C13H17ClO6. The van der Waals surface area contributed by atoms with E-state index in [4.69, 9.17) is 26.2 Å². The fraction of sp³-hybridized carbons (Fsp3) is 0.462. The van der Waals surface area contributed by atoms with Crippen molar-refractivity contribution in [1.29, 1.82) is 0 Å². The van der Waals surface area contributed by atoms with E-state index in [2.05, 4.69) is 0 Å². The second kappa shape index (κ2) is 7.94. The summed E-state index contributed by atoms with van der Waals surface area (Å²) in [5.41, 5.74) is 0.227. The highest BCUT2D eigenvalue weighted by molar-refractivity contribution is 6.18. The third kappa shape index (κ3) is 4.26. The molecule has 0 fully saturated rings. The first-order chi connectivity index (χ1) is 9.51. The number of rotatable bonds is 8. The normalized spacial score (nSPS) is 13.6. The molecule has 1 aromatic carbocycles. The number of carboxylic acids is 1. The van der Waals surface area contributed by atoms with Gasteiger partial charge in [0.15, 0.2) is 18.1 Å². The van der Waals surface area contributed by atoms with Crippen LogP contribution in [0.5, 0.6) is 11.5 Å². The minimum absolute atomic E-state index is 0.0911. The summed E-state index contributed by atoms with van der Waals surface area (Å²) in [4.78, 5) is 10.6. The first kappa shape index (κ1) is 16.6. The van der Waals surface area contributed by atoms with Gasteiger partial charge in [-0.1, -0.05) is 12.1 Å². The van der Waals surface area contributed by atoms with Crippen molar-refractivity contribution in [3.8, 4) is 11.5 Å². The van der Waals surface area contributed by atoms with E-state index in [0.717, 1.165) is 0 Å². The lowest BCUT2D eigenvalue weighted by Gasteiger charge is -2.21. The van der Waals surface area contributed by atoms with Gasteiger partial charge < -0.3 is 24.8 Å². The molecule has 0 heterocycles. The number of halogens is 1. The standard InChI is InChI=1S/C13H17ClO6/c1-2-19-10-5-3-4-8(12(18)9(15)6-14)13(10)20-7-11(16)17/h3-5,9,12,15,18H,2,6-7H2,1H3,(H,16,17). The topological polar surface area (TPSA) is 96.2 Å². The first-order valence-electron chi connectivity index (χ1n) is 6.03. The molecule has 0 bridgehead atoms. The number of aliphatic hydroxyl groups excluding tert-OH is 2. The fourth-order valence-electron chi connectivity index (χ4n) is 1.61. The number of para-hydroxylation sites is 1. The average molecular weight is 305 g/mol. The highest BCUT2D eigenvalue weighted by Crippen LogP contribution is 2.36. The van der Waals surface area contributed by atoms with Gasteiger partial charge in [0.1, 0.15) is 6.10 Å². The number of ether oxygens (including phenoxy) is 2. The SMILES string of the molecule is CCOc1cccc(C(O)C(O)CCl)c1OCC(=O)O. The van der Waals surface area contributed by atoms with Gasteiger partial charge in [0.2, 0.25) is 0 Å². The van der Waals surface area contributed by atoms with Crippen LogP contribution in [0.25, 0.3) is 0 Å². The zero-order chi connectivity index (χ0) is 15.1. The maximum absolute atomic E-state index is 10.6. The van der Waals surface area contributed by atoms with E-state index < -0.39 is 24.8 Å². The van der Waals surface area contributed by atoms with Crippen LogP contribution >= 0.6 is 11.6 Å². The summed E-state index contributed by atoms with van der Waals surface area (Å²) >= 11 is 5.50. The van der Waals surface area contributed by atoms with Gasteiger partial charge in [0, 0.05) is 5.56 Å². The Labute approximate surface area is 121 Å². The van der Waals surface area contributed by atoms with E-state index in [1.807, 2.05) is 0 Å². The number of benzene rings is 1. The number of carboxylic acid groups (broad SMARTS) is 1. The molecule has 0 aliphatic rings. The summed E-state index contributed by atoms with van der Waals surface area (Å²) in [5.74, 6) is -0.937. The van der Waals surface area contributed by atoms with Gasteiger partial charge in [-0.25, -0.2) is 4.79 Å². The molecule has 0 saturated heterocycles. The molecule has 1 aromatic rings. The van der Waals surface area contributed by atoms with E-state index in [9.17, 15) is 15.0 Å². The highest BCUT2D eigenvalue weighted by atomic mass is 35.5. The Kier molecular flexibility index (Phi) is 6.57. The Hall–Kier alpha value is -1.50. The predicted molar refractivity (Wildman–Crippen MR) is 72.4 cm³/mol. The lowest BCUT2D eigenvalue weighted by atomic mass is 10.0.